The van der Waals surface area contributed by atoms with E-state index in [1.54, 1.807) is 7.11 Å². The molecule has 1 aromatic heterocycles. The fraction of sp³-hybridized carbons (Fsp3) is 0.688. The van der Waals surface area contributed by atoms with Gasteiger partial charge in [0.1, 0.15) is 11.5 Å². The van der Waals surface area contributed by atoms with Gasteiger partial charge in [0.25, 0.3) is 0 Å². The lowest BCUT2D eigenvalue weighted by molar-refractivity contribution is 0.257. The van der Waals surface area contributed by atoms with Crippen molar-refractivity contribution in [3.8, 4) is 0 Å². The summed E-state index contributed by atoms with van der Waals surface area (Å²) in [4.78, 5) is 6.28. The number of nitrogens with zero attached hydrogens (tertiary/aromatic N) is 1. The summed E-state index contributed by atoms with van der Waals surface area (Å²) in [5, 5.41) is 4.68. The molecular weight excluding hydrogens is 268 g/mol. The highest BCUT2D eigenvalue weighted by Crippen LogP contribution is 2.45. The van der Waals surface area contributed by atoms with Gasteiger partial charge in [0.05, 0.1) is 12.1 Å². The molecule has 1 spiro atoms. The fourth-order valence-corrected chi connectivity index (χ4v) is 4.38. The first-order chi connectivity index (χ1) is 9.43. The lowest BCUT2D eigenvalue weighted by atomic mass is 9.73. The second-order valence-corrected chi connectivity index (χ2v) is 8.13. The summed E-state index contributed by atoms with van der Waals surface area (Å²) in [5.41, 5.74) is 1.49. The van der Waals surface area contributed by atoms with Crippen LogP contribution in [0.1, 0.15) is 49.2 Å². The van der Waals surface area contributed by atoms with E-state index in [-0.39, 0.29) is 10.8 Å². The Labute approximate surface area is 125 Å². The molecule has 0 atom stereocenters. The predicted molar refractivity (Wildman–Crippen MR) is 84.0 cm³/mol. The molecule has 0 aromatic carbocycles. The smallest absolute Gasteiger partial charge is 0.142 e. The number of piperidine rings is 1. The molecule has 3 nitrogen and oxygen atoms in total. The van der Waals surface area contributed by atoms with Gasteiger partial charge in [0.15, 0.2) is 0 Å². The van der Waals surface area contributed by atoms with E-state index in [9.17, 15) is 0 Å². The van der Waals surface area contributed by atoms with Crippen molar-refractivity contribution in [3.63, 3.8) is 0 Å². The van der Waals surface area contributed by atoms with Gasteiger partial charge in [-0.2, -0.15) is 0 Å². The summed E-state index contributed by atoms with van der Waals surface area (Å²) in [6, 6.07) is 0. The first-order valence-corrected chi connectivity index (χ1v) is 8.23. The van der Waals surface area contributed by atoms with E-state index >= 15 is 0 Å². The molecule has 2 aliphatic rings. The van der Waals surface area contributed by atoms with Crippen LogP contribution in [-0.4, -0.2) is 25.2 Å². The number of rotatable bonds is 1. The molecule has 2 heterocycles. The van der Waals surface area contributed by atoms with E-state index in [4.69, 9.17) is 9.72 Å². The first-order valence-electron chi connectivity index (χ1n) is 7.42. The zero-order chi connectivity index (χ0) is 14.4. The van der Waals surface area contributed by atoms with Gasteiger partial charge >= 0.3 is 0 Å². The topological polar surface area (TPSA) is 34.1 Å². The Kier molecular flexibility index (Phi) is 3.41. The van der Waals surface area contributed by atoms with Crippen LogP contribution in [0.5, 0.6) is 0 Å². The second-order valence-electron chi connectivity index (χ2n) is 7.04. The molecule has 20 heavy (non-hydrogen) atoms. The van der Waals surface area contributed by atoms with Gasteiger partial charge in [-0.05, 0) is 43.8 Å². The molecule has 3 rings (SSSR count). The third-order valence-corrected chi connectivity index (χ3v) is 5.82. The Hall–Kier alpha value is -0.870. The molecule has 1 fully saturated rings. The van der Waals surface area contributed by atoms with Crippen molar-refractivity contribution >= 4 is 17.1 Å². The lowest BCUT2D eigenvalue weighted by Crippen LogP contribution is -2.38. The van der Waals surface area contributed by atoms with E-state index in [0.29, 0.717) is 0 Å². The number of hydrogen-bond donors (Lipinski definition) is 1. The Morgan fingerprint density at radius 3 is 2.60 bits per heavy atom. The maximum atomic E-state index is 5.66. The summed E-state index contributed by atoms with van der Waals surface area (Å²) < 4.78 is 5.66. The molecule has 4 heteroatoms. The third kappa shape index (κ3) is 2.40. The van der Waals surface area contributed by atoms with Crippen molar-refractivity contribution in [1.29, 1.82) is 0 Å². The molecule has 1 aromatic rings. The van der Waals surface area contributed by atoms with Crippen LogP contribution in [0.15, 0.2) is 6.08 Å². The Morgan fingerprint density at radius 2 is 2.00 bits per heavy atom. The average Bonchev–Trinajstić information content (AvgIpc) is 2.82. The molecule has 0 radical (unpaired) electrons. The molecule has 1 N–H and O–H groups in total. The monoisotopic (exact) mass is 292 g/mol. The van der Waals surface area contributed by atoms with Crippen LogP contribution in [0.3, 0.4) is 0 Å². The minimum atomic E-state index is 0.113. The maximum Gasteiger partial charge on any atom is 0.142 e. The molecule has 0 bridgehead atoms. The van der Waals surface area contributed by atoms with Gasteiger partial charge in [-0.3, -0.25) is 0 Å². The highest BCUT2D eigenvalue weighted by Gasteiger charge is 2.38. The van der Waals surface area contributed by atoms with Gasteiger partial charge < -0.3 is 10.1 Å². The van der Waals surface area contributed by atoms with Gasteiger partial charge in [-0.25, -0.2) is 4.98 Å². The molecule has 0 unspecified atom stereocenters. The number of hydrogen-bond acceptors (Lipinski definition) is 4. The standard InChI is InChI=1S/C16H24N2OS/c1-15(2,3)14-18-13-11(19-4)9-16(10-12(13)20-14)5-7-17-8-6-16/h9,17H,5-8,10H2,1-4H3. The summed E-state index contributed by atoms with van der Waals surface area (Å²) in [6.45, 7) is 8.90. The minimum Gasteiger partial charge on any atom is -0.495 e. The zero-order valence-corrected chi connectivity index (χ0v) is 13.7. The number of thiazole rings is 1. The van der Waals surface area contributed by atoms with Crippen LogP contribution in [0.4, 0.5) is 0 Å². The summed E-state index contributed by atoms with van der Waals surface area (Å²) >= 11 is 1.88. The minimum absolute atomic E-state index is 0.113. The number of methoxy groups -OCH3 is 1. The van der Waals surface area contributed by atoms with Gasteiger partial charge in [0.2, 0.25) is 0 Å². The van der Waals surface area contributed by atoms with Crippen molar-refractivity contribution < 1.29 is 4.74 Å². The maximum absolute atomic E-state index is 5.66. The largest absolute Gasteiger partial charge is 0.495 e. The molecule has 110 valence electrons. The van der Waals surface area contributed by atoms with Crippen molar-refractivity contribution in [3.05, 3.63) is 21.7 Å². The molecule has 0 amide bonds. The third-order valence-electron chi connectivity index (χ3n) is 4.34. The van der Waals surface area contributed by atoms with E-state index < -0.39 is 0 Å². The Morgan fingerprint density at radius 1 is 1.30 bits per heavy atom. The number of allylic oxidation sites excluding steroid dienone is 1. The summed E-state index contributed by atoms with van der Waals surface area (Å²) in [7, 11) is 1.77. The Bertz CT molecular complexity index is 533. The molecule has 1 saturated heterocycles. The Balaban J connectivity index is 2.01. The summed E-state index contributed by atoms with van der Waals surface area (Å²) in [5.74, 6) is 0.986. The first kappa shape index (κ1) is 14.1. The van der Waals surface area contributed by atoms with Crippen LogP contribution < -0.4 is 5.32 Å². The summed E-state index contributed by atoms with van der Waals surface area (Å²) in [6.07, 6.45) is 5.87. The molecule has 1 aliphatic heterocycles. The molecule has 1 aliphatic carbocycles. The number of aromatic nitrogens is 1. The van der Waals surface area contributed by atoms with Crippen LogP contribution in [-0.2, 0) is 16.6 Å². The highest BCUT2D eigenvalue weighted by atomic mass is 32.1. The van der Waals surface area contributed by atoms with Crippen LogP contribution in [0, 0.1) is 5.41 Å². The predicted octanol–water partition coefficient (Wildman–Crippen LogP) is 3.35. The van der Waals surface area contributed by atoms with Gasteiger partial charge in [-0.1, -0.05) is 20.8 Å². The number of fused-ring (bicyclic) bond motifs is 1. The van der Waals surface area contributed by atoms with Crippen molar-refractivity contribution in [2.45, 2.75) is 45.4 Å². The average molecular weight is 292 g/mol. The zero-order valence-electron chi connectivity index (χ0n) is 12.9. The van der Waals surface area contributed by atoms with Crippen LogP contribution in [0.2, 0.25) is 0 Å². The molecular formula is C16H24N2OS. The second kappa shape index (κ2) is 4.85. The number of ether oxygens (including phenoxy) is 1. The van der Waals surface area contributed by atoms with E-state index in [1.807, 2.05) is 11.3 Å². The van der Waals surface area contributed by atoms with E-state index in [0.717, 1.165) is 31.0 Å². The van der Waals surface area contributed by atoms with E-state index in [2.05, 4.69) is 32.2 Å². The quantitative estimate of drug-likeness (QED) is 0.862. The number of nitrogens with one attached hydrogen (secondary N) is 1. The van der Waals surface area contributed by atoms with Crippen LogP contribution >= 0.6 is 11.3 Å². The highest BCUT2D eigenvalue weighted by molar-refractivity contribution is 7.12. The normalized spacial score (nSPS) is 21.5. The van der Waals surface area contributed by atoms with Crippen molar-refractivity contribution in [2.75, 3.05) is 20.2 Å². The van der Waals surface area contributed by atoms with Crippen molar-refractivity contribution in [2.24, 2.45) is 5.41 Å². The van der Waals surface area contributed by atoms with Crippen molar-refractivity contribution in [1.82, 2.24) is 10.3 Å². The van der Waals surface area contributed by atoms with Crippen LogP contribution in [0.25, 0.3) is 5.76 Å². The SMILES string of the molecule is COC1=CC2(CCNCC2)Cc2sc(C(C)(C)C)nc21. The molecule has 0 saturated carbocycles. The fourth-order valence-electron chi connectivity index (χ4n) is 3.10. The van der Waals surface area contributed by atoms with Gasteiger partial charge in [0, 0.05) is 10.3 Å². The lowest BCUT2D eigenvalue weighted by Gasteiger charge is -2.37. The van der Waals surface area contributed by atoms with Gasteiger partial charge in [-0.15, -0.1) is 11.3 Å². The van der Waals surface area contributed by atoms with E-state index in [1.165, 1.54) is 22.7 Å².